The van der Waals surface area contributed by atoms with E-state index in [4.69, 9.17) is 9.78 Å². The molecule has 0 bridgehead atoms. The van der Waals surface area contributed by atoms with Crippen LogP contribution in [0, 0.1) is 11.3 Å². The second-order valence-corrected chi connectivity index (χ2v) is 3.07. The molecule has 0 saturated carbocycles. The van der Waals surface area contributed by atoms with E-state index < -0.39 is 6.10 Å². The van der Waals surface area contributed by atoms with Crippen molar-refractivity contribution in [3.8, 4) is 17.7 Å². The molecule has 0 amide bonds. The number of hydrogen-bond donors (Lipinski definition) is 2. The van der Waals surface area contributed by atoms with Crippen LogP contribution in [-0.2, 0) is 6.42 Å². The molecule has 0 spiro atoms. The number of nitrogens with zero attached hydrogens (tertiary/aromatic N) is 5. The van der Waals surface area contributed by atoms with Gasteiger partial charge in [-0.3, -0.25) is 5.10 Å². The number of aliphatic hydroxyl groups is 1. The van der Waals surface area contributed by atoms with Crippen LogP contribution in [0.1, 0.15) is 12.3 Å². The van der Waals surface area contributed by atoms with E-state index in [1.807, 2.05) is 6.07 Å². The molecule has 1 atom stereocenters. The van der Waals surface area contributed by atoms with E-state index in [1.54, 1.807) is 0 Å². The van der Waals surface area contributed by atoms with Gasteiger partial charge in [-0.25, -0.2) is 4.98 Å². The lowest BCUT2D eigenvalue weighted by Crippen LogP contribution is -2.09. The fourth-order valence-electron chi connectivity index (χ4n) is 1.13. The maximum atomic E-state index is 9.36. The highest BCUT2D eigenvalue weighted by Gasteiger charge is 2.14. The second-order valence-electron chi connectivity index (χ2n) is 3.07. The van der Waals surface area contributed by atoms with Gasteiger partial charge >= 0.3 is 0 Å². The van der Waals surface area contributed by atoms with Crippen LogP contribution in [0.4, 0.5) is 0 Å². The predicted octanol–water partition coefficient (Wildman–Crippen LogP) is -0.328. The molecular weight excluding hydrogens is 212 g/mol. The van der Waals surface area contributed by atoms with Crippen molar-refractivity contribution < 1.29 is 9.63 Å². The maximum Gasteiger partial charge on any atom is 0.239 e. The highest BCUT2D eigenvalue weighted by molar-refractivity contribution is 5.39. The van der Waals surface area contributed by atoms with E-state index in [0.29, 0.717) is 5.82 Å². The third kappa shape index (κ3) is 2.21. The molecule has 82 valence electrons. The largest absolute Gasteiger partial charge is 0.392 e. The fourth-order valence-corrected chi connectivity index (χ4v) is 1.13. The fraction of sp³-hybridized carbons (Fsp3) is 0.375. The van der Waals surface area contributed by atoms with Gasteiger partial charge < -0.3 is 9.63 Å². The van der Waals surface area contributed by atoms with Crippen LogP contribution in [-0.4, -0.2) is 36.5 Å². The average molecular weight is 220 g/mol. The van der Waals surface area contributed by atoms with Crippen LogP contribution in [0.15, 0.2) is 10.9 Å². The first-order chi connectivity index (χ1) is 7.79. The number of aromatic nitrogens is 5. The summed E-state index contributed by atoms with van der Waals surface area (Å²) in [7, 11) is 0. The smallest absolute Gasteiger partial charge is 0.239 e. The summed E-state index contributed by atoms with van der Waals surface area (Å²) in [5, 5.41) is 27.6. The Hall–Kier alpha value is -2.27. The molecule has 0 aromatic carbocycles. The number of H-pyrrole nitrogens is 1. The molecule has 0 aliphatic rings. The van der Waals surface area contributed by atoms with E-state index in [0.717, 1.165) is 0 Å². The number of rotatable bonds is 4. The van der Waals surface area contributed by atoms with E-state index in [2.05, 4.69) is 25.3 Å². The third-order valence-electron chi connectivity index (χ3n) is 1.83. The molecule has 0 radical (unpaired) electrons. The van der Waals surface area contributed by atoms with Crippen LogP contribution in [0.3, 0.4) is 0 Å². The number of hydrogen-bond acceptors (Lipinski definition) is 7. The van der Waals surface area contributed by atoms with Crippen LogP contribution in [0.25, 0.3) is 11.6 Å². The Labute approximate surface area is 89.9 Å². The monoisotopic (exact) mass is 220 g/mol. The number of nitrogens with one attached hydrogen (secondary N) is 1. The Kier molecular flexibility index (Phi) is 2.88. The Bertz CT molecular complexity index is 485. The first-order valence-corrected chi connectivity index (χ1v) is 4.53. The molecule has 0 fully saturated rings. The summed E-state index contributed by atoms with van der Waals surface area (Å²) in [4.78, 5) is 7.84. The van der Waals surface area contributed by atoms with E-state index in [-0.39, 0.29) is 24.6 Å². The first kappa shape index (κ1) is 10.3. The van der Waals surface area contributed by atoms with Gasteiger partial charge in [0.15, 0.2) is 5.82 Å². The van der Waals surface area contributed by atoms with Gasteiger partial charge in [-0.15, -0.1) is 0 Å². The van der Waals surface area contributed by atoms with Crippen molar-refractivity contribution in [2.45, 2.75) is 18.9 Å². The normalized spacial score (nSPS) is 12.2. The summed E-state index contributed by atoms with van der Waals surface area (Å²) >= 11 is 0. The van der Waals surface area contributed by atoms with Crippen molar-refractivity contribution in [3.63, 3.8) is 0 Å². The molecule has 1 unspecified atom stereocenters. The highest BCUT2D eigenvalue weighted by atomic mass is 16.5. The Balaban J connectivity index is 2.06. The second kappa shape index (κ2) is 4.50. The predicted molar refractivity (Wildman–Crippen MR) is 49.6 cm³/mol. The summed E-state index contributed by atoms with van der Waals surface area (Å²) in [6.07, 6.45) is 0.706. The molecular formula is C8H8N6O2. The summed E-state index contributed by atoms with van der Waals surface area (Å²) < 4.78 is 4.89. The van der Waals surface area contributed by atoms with Crippen molar-refractivity contribution >= 4 is 0 Å². The summed E-state index contributed by atoms with van der Waals surface area (Å²) in [6.45, 7) is 0. The Morgan fingerprint density at radius 1 is 1.62 bits per heavy atom. The molecule has 2 N–H and O–H groups in total. The molecule has 16 heavy (non-hydrogen) atoms. The standard InChI is InChI=1S/C8H8N6O2/c9-2-1-5(15)3-6-12-8(14-16-6)7-10-4-11-13-7/h4-5,15H,1,3H2,(H,10,11,13). The maximum absolute atomic E-state index is 9.36. The van der Waals surface area contributed by atoms with Crippen molar-refractivity contribution in [2.24, 2.45) is 0 Å². The molecule has 0 saturated heterocycles. The zero-order valence-corrected chi connectivity index (χ0v) is 8.16. The molecule has 0 aliphatic heterocycles. The van der Waals surface area contributed by atoms with Gasteiger partial charge in [0.25, 0.3) is 0 Å². The van der Waals surface area contributed by atoms with Crippen LogP contribution >= 0.6 is 0 Å². The van der Waals surface area contributed by atoms with Gasteiger partial charge in [0, 0.05) is 0 Å². The minimum Gasteiger partial charge on any atom is -0.392 e. The lowest BCUT2D eigenvalue weighted by molar-refractivity contribution is 0.167. The van der Waals surface area contributed by atoms with Gasteiger partial charge in [-0.2, -0.15) is 15.3 Å². The number of aliphatic hydroxyl groups excluding tert-OH is 1. The van der Waals surface area contributed by atoms with E-state index in [9.17, 15) is 5.11 Å². The SMILES string of the molecule is N#CCC(O)Cc1nc(-c2ncn[nH]2)no1. The molecule has 0 aliphatic carbocycles. The molecule has 8 heteroatoms. The van der Waals surface area contributed by atoms with E-state index in [1.165, 1.54) is 6.33 Å². The minimum atomic E-state index is -0.798. The summed E-state index contributed by atoms with van der Waals surface area (Å²) in [5.41, 5.74) is 0. The van der Waals surface area contributed by atoms with E-state index >= 15 is 0 Å². The lowest BCUT2D eigenvalue weighted by atomic mass is 10.2. The third-order valence-corrected chi connectivity index (χ3v) is 1.83. The topological polar surface area (TPSA) is 125 Å². The first-order valence-electron chi connectivity index (χ1n) is 4.53. The van der Waals surface area contributed by atoms with Gasteiger partial charge in [-0.05, 0) is 0 Å². The molecule has 2 aromatic heterocycles. The zero-order chi connectivity index (χ0) is 11.4. The summed E-state index contributed by atoms with van der Waals surface area (Å²) in [5.74, 6) is 0.926. The van der Waals surface area contributed by atoms with Gasteiger partial charge in [0.2, 0.25) is 11.7 Å². The Morgan fingerprint density at radius 2 is 2.50 bits per heavy atom. The van der Waals surface area contributed by atoms with Gasteiger partial charge in [0.05, 0.1) is 25.0 Å². The van der Waals surface area contributed by atoms with Crippen molar-refractivity contribution in [3.05, 3.63) is 12.2 Å². The van der Waals surface area contributed by atoms with Crippen LogP contribution in [0.2, 0.25) is 0 Å². The quantitative estimate of drug-likeness (QED) is 0.722. The molecule has 2 rings (SSSR count). The number of nitriles is 1. The van der Waals surface area contributed by atoms with Crippen LogP contribution < -0.4 is 0 Å². The minimum absolute atomic E-state index is 0.0278. The zero-order valence-electron chi connectivity index (χ0n) is 8.16. The Morgan fingerprint density at radius 3 is 3.19 bits per heavy atom. The van der Waals surface area contributed by atoms with Crippen LogP contribution in [0.5, 0.6) is 0 Å². The molecule has 8 nitrogen and oxygen atoms in total. The van der Waals surface area contributed by atoms with Crippen molar-refractivity contribution in [2.75, 3.05) is 0 Å². The van der Waals surface area contributed by atoms with Gasteiger partial charge in [0.1, 0.15) is 6.33 Å². The molecule has 2 aromatic rings. The molecule has 2 heterocycles. The average Bonchev–Trinajstić information content (AvgIpc) is 2.86. The number of aromatic amines is 1. The van der Waals surface area contributed by atoms with Crippen molar-refractivity contribution in [1.29, 1.82) is 5.26 Å². The highest BCUT2D eigenvalue weighted by Crippen LogP contribution is 2.10. The lowest BCUT2D eigenvalue weighted by Gasteiger charge is -1.99. The summed E-state index contributed by atoms with van der Waals surface area (Å²) in [6, 6.07) is 1.85. The van der Waals surface area contributed by atoms with Crippen molar-refractivity contribution in [1.82, 2.24) is 25.3 Å². The van der Waals surface area contributed by atoms with Gasteiger partial charge in [-0.1, -0.05) is 5.16 Å².